The molecule has 0 saturated heterocycles. The molecule has 1 unspecified atom stereocenters. The molecule has 7 nitrogen and oxygen atoms in total. The van der Waals surface area contributed by atoms with Crippen molar-refractivity contribution in [1.82, 2.24) is 14.8 Å². The van der Waals surface area contributed by atoms with E-state index in [4.69, 9.17) is 5.10 Å². The minimum absolute atomic E-state index is 0.169. The fourth-order valence-electron chi connectivity index (χ4n) is 3.72. The second-order valence-corrected chi connectivity index (χ2v) is 8.93. The first-order valence-electron chi connectivity index (χ1n) is 10.6. The zero-order chi connectivity index (χ0) is 22.8. The molecule has 0 aliphatic carbocycles. The van der Waals surface area contributed by atoms with Crippen LogP contribution in [0.4, 0.5) is 11.6 Å². The van der Waals surface area contributed by atoms with Gasteiger partial charge in [-0.15, -0.1) is 5.10 Å². The average molecular weight is 450 g/mol. The minimum Gasteiger partial charge on any atom is -0.508 e. The molecule has 0 spiro atoms. The van der Waals surface area contributed by atoms with Crippen molar-refractivity contribution in [1.29, 1.82) is 0 Å². The van der Waals surface area contributed by atoms with Gasteiger partial charge in [-0.25, -0.2) is 4.68 Å². The van der Waals surface area contributed by atoms with Crippen LogP contribution in [0.15, 0.2) is 58.9 Å². The van der Waals surface area contributed by atoms with Crippen LogP contribution < -0.4 is 10.6 Å². The number of phenolic OH excluding ortho intramolecular Hbond substituents is 1. The van der Waals surface area contributed by atoms with E-state index in [1.54, 1.807) is 28.6 Å². The van der Waals surface area contributed by atoms with Crippen LogP contribution in [0.3, 0.4) is 0 Å². The van der Waals surface area contributed by atoms with E-state index in [-0.39, 0.29) is 11.7 Å². The van der Waals surface area contributed by atoms with Crippen LogP contribution in [-0.2, 0) is 4.79 Å². The summed E-state index contributed by atoms with van der Waals surface area (Å²) in [4.78, 5) is 18.2. The van der Waals surface area contributed by atoms with Gasteiger partial charge >= 0.3 is 0 Å². The van der Waals surface area contributed by atoms with Crippen LogP contribution in [-0.4, -0.2) is 31.5 Å². The highest BCUT2D eigenvalue weighted by Gasteiger charge is 2.34. The topological polar surface area (TPSA) is 92.1 Å². The van der Waals surface area contributed by atoms with Gasteiger partial charge in [-0.3, -0.25) is 4.79 Å². The number of rotatable bonds is 6. The number of aromatic nitrogens is 3. The Labute approximate surface area is 192 Å². The first-order valence-corrected chi connectivity index (χ1v) is 11.6. The number of allylic oxidation sites excluding steroid dienone is 1. The summed E-state index contributed by atoms with van der Waals surface area (Å²) in [5.74, 6) is 1.48. The van der Waals surface area contributed by atoms with Crippen molar-refractivity contribution in [2.45, 2.75) is 45.3 Å². The Morgan fingerprint density at radius 2 is 1.94 bits per heavy atom. The lowest BCUT2D eigenvalue weighted by atomic mass is 9.94. The van der Waals surface area contributed by atoms with Crippen molar-refractivity contribution in [3.8, 4) is 5.75 Å². The van der Waals surface area contributed by atoms with Crippen molar-refractivity contribution >= 4 is 29.3 Å². The predicted molar refractivity (Wildman–Crippen MR) is 128 cm³/mol. The molecule has 32 heavy (non-hydrogen) atoms. The highest BCUT2D eigenvalue weighted by Crippen LogP contribution is 2.37. The number of aromatic hydroxyl groups is 1. The standard InChI is InChI=1S/C24H27N5O2S/c1-5-13-32-24-27-23-25-16(4)20(22(31)26-19-8-6-7-14(2)15(19)3)21(29(23)28-24)17-9-11-18(30)12-10-17/h6-12,21,30H,5,13H2,1-4H3,(H,26,31)(H,25,27,28). The summed E-state index contributed by atoms with van der Waals surface area (Å²) in [5, 5.41) is 21.5. The highest BCUT2D eigenvalue weighted by atomic mass is 32.2. The van der Waals surface area contributed by atoms with Gasteiger partial charge in [0.1, 0.15) is 11.8 Å². The number of benzene rings is 2. The van der Waals surface area contributed by atoms with Gasteiger partial charge in [-0.05, 0) is 62.1 Å². The maximum atomic E-state index is 13.6. The van der Waals surface area contributed by atoms with Gasteiger partial charge in [0.2, 0.25) is 11.1 Å². The Morgan fingerprint density at radius 3 is 2.66 bits per heavy atom. The third-order valence-corrected chi connectivity index (χ3v) is 6.62. The molecular formula is C24H27N5O2S. The quantitative estimate of drug-likeness (QED) is 0.457. The molecule has 166 valence electrons. The Hall–Kier alpha value is -3.26. The summed E-state index contributed by atoms with van der Waals surface area (Å²) < 4.78 is 1.76. The second kappa shape index (κ2) is 9.08. The van der Waals surface area contributed by atoms with Crippen LogP contribution in [0.25, 0.3) is 0 Å². The number of anilines is 2. The van der Waals surface area contributed by atoms with E-state index in [0.29, 0.717) is 16.7 Å². The molecule has 0 saturated carbocycles. The van der Waals surface area contributed by atoms with Gasteiger partial charge in [0.05, 0.1) is 5.57 Å². The van der Waals surface area contributed by atoms with E-state index in [2.05, 4.69) is 22.5 Å². The Balaban J connectivity index is 1.76. The Morgan fingerprint density at radius 1 is 1.19 bits per heavy atom. The van der Waals surface area contributed by atoms with Crippen LogP contribution in [0.5, 0.6) is 5.75 Å². The maximum Gasteiger partial charge on any atom is 0.255 e. The number of thioether (sulfide) groups is 1. The molecule has 8 heteroatoms. The molecule has 0 fully saturated rings. The van der Waals surface area contributed by atoms with Crippen molar-refractivity contribution < 1.29 is 9.90 Å². The van der Waals surface area contributed by atoms with E-state index in [1.807, 2.05) is 51.1 Å². The molecule has 1 atom stereocenters. The first kappa shape index (κ1) is 22.0. The number of nitrogens with one attached hydrogen (secondary N) is 2. The molecule has 0 bridgehead atoms. The highest BCUT2D eigenvalue weighted by molar-refractivity contribution is 7.99. The molecule has 1 amide bonds. The number of aryl methyl sites for hydroxylation is 1. The average Bonchev–Trinajstić information content (AvgIpc) is 3.17. The lowest BCUT2D eigenvalue weighted by Gasteiger charge is -2.29. The smallest absolute Gasteiger partial charge is 0.255 e. The molecule has 1 aromatic heterocycles. The number of carbonyl (C=O) groups excluding carboxylic acids is 1. The van der Waals surface area contributed by atoms with Gasteiger partial charge in [-0.1, -0.05) is 43.0 Å². The van der Waals surface area contributed by atoms with E-state index >= 15 is 0 Å². The van der Waals surface area contributed by atoms with Gasteiger partial charge in [0.25, 0.3) is 5.91 Å². The monoisotopic (exact) mass is 449 g/mol. The van der Waals surface area contributed by atoms with Crippen LogP contribution >= 0.6 is 11.8 Å². The van der Waals surface area contributed by atoms with Crippen LogP contribution in [0.2, 0.25) is 0 Å². The Kier molecular flexibility index (Phi) is 6.23. The Bertz CT molecular complexity index is 1180. The van der Waals surface area contributed by atoms with E-state index < -0.39 is 6.04 Å². The second-order valence-electron chi connectivity index (χ2n) is 7.87. The predicted octanol–water partition coefficient (Wildman–Crippen LogP) is 5.03. The van der Waals surface area contributed by atoms with Crippen LogP contribution in [0, 0.1) is 13.8 Å². The lowest BCUT2D eigenvalue weighted by Crippen LogP contribution is -2.31. The number of hydrogen-bond donors (Lipinski definition) is 3. The van der Waals surface area contributed by atoms with Crippen molar-refractivity contribution in [3.05, 3.63) is 70.4 Å². The summed E-state index contributed by atoms with van der Waals surface area (Å²) in [6.07, 6.45) is 1.02. The molecule has 2 aromatic carbocycles. The molecular weight excluding hydrogens is 422 g/mol. The largest absolute Gasteiger partial charge is 0.508 e. The molecule has 1 aliphatic rings. The number of fused-ring (bicyclic) bond motifs is 1. The third kappa shape index (κ3) is 4.23. The number of nitrogens with zero attached hydrogens (tertiary/aromatic N) is 3. The van der Waals surface area contributed by atoms with Crippen LogP contribution in [0.1, 0.15) is 43.0 Å². The minimum atomic E-state index is -0.472. The fourth-order valence-corrected chi connectivity index (χ4v) is 4.40. The zero-order valence-electron chi connectivity index (χ0n) is 18.6. The molecule has 4 rings (SSSR count). The number of amides is 1. The van der Waals surface area contributed by atoms with Crippen molar-refractivity contribution in [3.63, 3.8) is 0 Å². The fraction of sp³-hybridized carbons (Fsp3) is 0.292. The zero-order valence-corrected chi connectivity index (χ0v) is 19.5. The summed E-state index contributed by atoms with van der Waals surface area (Å²) in [6, 6.07) is 12.3. The molecule has 3 aromatic rings. The van der Waals surface area contributed by atoms with E-state index in [9.17, 15) is 9.90 Å². The third-order valence-electron chi connectivity index (χ3n) is 5.57. The molecule has 0 radical (unpaired) electrons. The number of hydrogen-bond acceptors (Lipinski definition) is 6. The molecule has 1 aliphatic heterocycles. The number of phenols is 1. The van der Waals surface area contributed by atoms with Crippen molar-refractivity contribution in [2.24, 2.45) is 0 Å². The normalized spacial score (nSPS) is 15.3. The van der Waals surface area contributed by atoms with Gasteiger partial charge < -0.3 is 15.7 Å². The van der Waals surface area contributed by atoms with Gasteiger partial charge in [-0.2, -0.15) is 4.98 Å². The summed E-state index contributed by atoms with van der Waals surface area (Å²) in [5.41, 5.74) is 5.04. The SMILES string of the molecule is CCCSc1nc2n(n1)C(c1ccc(O)cc1)C(C(=O)Nc1cccc(C)c1C)=C(C)N2. The summed E-state index contributed by atoms with van der Waals surface area (Å²) in [6.45, 7) is 8.01. The summed E-state index contributed by atoms with van der Waals surface area (Å²) in [7, 11) is 0. The summed E-state index contributed by atoms with van der Waals surface area (Å²) >= 11 is 1.59. The van der Waals surface area contributed by atoms with E-state index in [0.717, 1.165) is 40.2 Å². The van der Waals surface area contributed by atoms with Gasteiger partial charge in [0.15, 0.2) is 0 Å². The van der Waals surface area contributed by atoms with Crippen molar-refractivity contribution in [2.75, 3.05) is 16.4 Å². The van der Waals surface area contributed by atoms with E-state index in [1.165, 1.54) is 0 Å². The maximum absolute atomic E-state index is 13.6. The molecule has 2 heterocycles. The first-order chi connectivity index (χ1) is 15.4. The number of carbonyl (C=O) groups is 1. The molecule has 3 N–H and O–H groups in total. The lowest BCUT2D eigenvalue weighted by molar-refractivity contribution is -0.113. The van der Waals surface area contributed by atoms with Gasteiger partial charge in [0, 0.05) is 17.1 Å².